The third-order valence-electron chi connectivity index (χ3n) is 4.54. The summed E-state index contributed by atoms with van der Waals surface area (Å²) < 4.78 is 3.79. The number of hydrogen-bond acceptors (Lipinski definition) is 4. The Labute approximate surface area is 138 Å². The van der Waals surface area contributed by atoms with Crippen LogP contribution in [0.1, 0.15) is 52.2 Å². The van der Waals surface area contributed by atoms with Crippen LogP contribution >= 0.6 is 0 Å². The molecule has 0 saturated carbocycles. The normalized spacial score (nSPS) is 20.8. The Balaban J connectivity index is 1.88. The molecule has 6 heteroatoms. The number of hydrogen-bond donors (Lipinski definition) is 1. The van der Waals surface area contributed by atoms with E-state index in [0.717, 1.165) is 36.7 Å². The van der Waals surface area contributed by atoms with E-state index in [1.165, 1.54) is 0 Å². The molecule has 1 fully saturated rings. The fourth-order valence-corrected chi connectivity index (χ4v) is 4.29. The van der Waals surface area contributed by atoms with Crippen molar-refractivity contribution in [3.63, 3.8) is 0 Å². The van der Waals surface area contributed by atoms with Gasteiger partial charge < -0.3 is 5.32 Å². The monoisotopic (exact) mass is 316 g/mol. The maximum absolute atomic E-state index is 4.69. The zero-order valence-corrected chi connectivity index (χ0v) is 15.1. The first kappa shape index (κ1) is 16.2. The van der Waals surface area contributed by atoms with Gasteiger partial charge in [0.2, 0.25) is 0 Å². The SMILES string of the molecule is Cc1nc(CC2CC(C)(C)NC(C)(C)C2)n(-c2ccnn2C)n1. The van der Waals surface area contributed by atoms with Crippen molar-refractivity contribution in [2.75, 3.05) is 0 Å². The van der Waals surface area contributed by atoms with Gasteiger partial charge in [0, 0.05) is 30.6 Å². The van der Waals surface area contributed by atoms with E-state index in [0.29, 0.717) is 5.92 Å². The van der Waals surface area contributed by atoms with Crippen molar-refractivity contribution in [3.8, 4) is 5.82 Å². The third kappa shape index (κ3) is 3.47. The highest BCUT2D eigenvalue weighted by Gasteiger charge is 2.38. The van der Waals surface area contributed by atoms with E-state index >= 15 is 0 Å². The molecule has 1 aliphatic heterocycles. The van der Waals surface area contributed by atoms with Crippen LogP contribution < -0.4 is 5.32 Å². The molecule has 0 aromatic carbocycles. The third-order valence-corrected chi connectivity index (χ3v) is 4.54. The summed E-state index contributed by atoms with van der Waals surface area (Å²) in [7, 11) is 1.94. The van der Waals surface area contributed by atoms with E-state index < -0.39 is 0 Å². The van der Waals surface area contributed by atoms with E-state index in [2.05, 4.69) is 48.2 Å². The van der Waals surface area contributed by atoms with E-state index in [1.54, 1.807) is 6.20 Å². The second-order valence-electron chi connectivity index (χ2n) is 8.17. The average Bonchev–Trinajstić information content (AvgIpc) is 2.91. The van der Waals surface area contributed by atoms with E-state index in [4.69, 9.17) is 0 Å². The standard InChI is InChI=1S/C17H28N6/c1-12-19-14(23(20-12)15-7-8-18-22(15)6)9-13-10-16(2,3)21-17(4,5)11-13/h7-8,13,21H,9-11H2,1-6H3. The lowest BCUT2D eigenvalue weighted by atomic mass is 9.74. The van der Waals surface area contributed by atoms with Gasteiger partial charge in [0.1, 0.15) is 11.6 Å². The minimum atomic E-state index is 0.152. The van der Waals surface area contributed by atoms with Crippen LogP contribution in [0.15, 0.2) is 12.3 Å². The molecule has 126 valence electrons. The summed E-state index contributed by atoms with van der Waals surface area (Å²) in [5.74, 6) is 3.41. The summed E-state index contributed by atoms with van der Waals surface area (Å²) in [5, 5.41) is 12.6. The summed E-state index contributed by atoms with van der Waals surface area (Å²) in [6, 6.07) is 1.98. The fraction of sp³-hybridized carbons (Fsp3) is 0.706. The van der Waals surface area contributed by atoms with Crippen molar-refractivity contribution in [1.29, 1.82) is 0 Å². The van der Waals surface area contributed by atoms with Gasteiger partial charge in [-0.2, -0.15) is 9.78 Å². The minimum Gasteiger partial charge on any atom is -0.307 e. The van der Waals surface area contributed by atoms with Crippen LogP contribution in [0.25, 0.3) is 5.82 Å². The predicted octanol–water partition coefficient (Wildman–Crippen LogP) is 2.41. The molecular formula is C17H28N6. The lowest BCUT2D eigenvalue weighted by molar-refractivity contribution is 0.127. The number of nitrogens with one attached hydrogen (secondary N) is 1. The van der Waals surface area contributed by atoms with Crippen molar-refractivity contribution >= 4 is 0 Å². The van der Waals surface area contributed by atoms with E-state index in [1.807, 2.05) is 29.4 Å². The van der Waals surface area contributed by atoms with E-state index in [9.17, 15) is 0 Å². The molecule has 0 aliphatic carbocycles. The van der Waals surface area contributed by atoms with Crippen LogP contribution in [0.4, 0.5) is 0 Å². The van der Waals surface area contributed by atoms with Crippen LogP contribution in [0, 0.1) is 12.8 Å². The second kappa shape index (κ2) is 5.44. The van der Waals surface area contributed by atoms with E-state index in [-0.39, 0.29) is 11.1 Å². The molecule has 6 nitrogen and oxygen atoms in total. The summed E-state index contributed by atoms with van der Waals surface area (Å²) in [6.45, 7) is 11.1. The van der Waals surface area contributed by atoms with Crippen LogP contribution in [-0.4, -0.2) is 35.6 Å². The van der Waals surface area contributed by atoms with Crippen molar-refractivity contribution < 1.29 is 0 Å². The quantitative estimate of drug-likeness (QED) is 0.944. The number of aryl methyl sites for hydroxylation is 2. The largest absolute Gasteiger partial charge is 0.307 e. The van der Waals surface area contributed by atoms with Crippen molar-refractivity contribution in [2.24, 2.45) is 13.0 Å². The fourth-order valence-electron chi connectivity index (χ4n) is 4.29. The molecule has 23 heavy (non-hydrogen) atoms. The molecule has 0 spiro atoms. The summed E-state index contributed by atoms with van der Waals surface area (Å²) in [4.78, 5) is 4.69. The highest BCUT2D eigenvalue weighted by Crippen LogP contribution is 2.34. The van der Waals surface area contributed by atoms with Crippen LogP contribution in [0.5, 0.6) is 0 Å². The maximum Gasteiger partial charge on any atom is 0.153 e. The van der Waals surface area contributed by atoms with Crippen molar-refractivity contribution in [3.05, 3.63) is 23.9 Å². The van der Waals surface area contributed by atoms with Gasteiger partial charge in [-0.25, -0.2) is 4.98 Å². The lowest BCUT2D eigenvalue weighted by Crippen LogP contribution is -2.58. The molecule has 1 aliphatic rings. The second-order valence-corrected chi connectivity index (χ2v) is 8.17. The molecule has 1 N–H and O–H groups in total. The number of aromatic nitrogens is 5. The first-order valence-corrected chi connectivity index (χ1v) is 8.35. The summed E-state index contributed by atoms with van der Waals surface area (Å²) in [5.41, 5.74) is 0.303. The molecule has 2 aromatic heterocycles. The Morgan fingerprint density at radius 2 is 1.87 bits per heavy atom. The van der Waals surface area contributed by atoms with Gasteiger partial charge in [-0.15, -0.1) is 5.10 Å². The topological polar surface area (TPSA) is 60.6 Å². The summed E-state index contributed by atoms with van der Waals surface area (Å²) >= 11 is 0. The maximum atomic E-state index is 4.69. The molecule has 0 unspecified atom stereocenters. The van der Waals surface area contributed by atoms with Crippen molar-refractivity contribution in [2.45, 2.75) is 65.0 Å². The Bertz CT molecular complexity index is 678. The summed E-state index contributed by atoms with van der Waals surface area (Å²) in [6.07, 6.45) is 5.04. The Kier molecular flexibility index (Phi) is 3.83. The molecule has 0 radical (unpaired) electrons. The lowest BCUT2D eigenvalue weighted by Gasteiger charge is -2.46. The molecule has 3 rings (SSSR count). The average molecular weight is 316 g/mol. The first-order chi connectivity index (χ1) is 10.7. The molecule has 0 bridgehead atoms. The molecule has 2 aromatic rings. The van der Waals surface area contributed by atoms with Gasteiger partial charge in [-0.3, -0.25) is 4.68 Å². The molecule has 3 heterocycles. The number of piperidine rings is 1. The zero-order chi connectivity index (χ0) is 16.8. The van der Waals surface area contributed by atoms with Gasteiger partial charge in [0.05, 0.1) is 6.20 Å². The highest BCUT2D eigenvalue weighted by atomic mass is 15.4. The molecule has 0 amide bonds. The smallest absolute Gasteiger partial charge is 0.153 e. The van der Waals surface area contributed by atoms with Gasteiger partial charge in [-0.05, 0) is 53.4 Å². The van der Waals surface area contributed by atoms with Crippen LogP contribution in [0.2, 0.25) is 0 Å². The minimum absolute atomic E-state index is 0.152. The van der Waals surface area contributed by atoms with Crippen LogP contribution in [0.3, 0.4) is 0 Å². The number of nitrogens with zero attached hydrogens (tertiary/aromatic N) is 5. The predicted molar refractivity (Wildman–Crippen MR) is 90.6 cm³/mol. The van der Waals surface area contributed by atoms with Gasteiger partial charge >= 0.3 is 0 Å². The highest BCUT2D eigenvalue weighted by molar-refractivity contribution is 5.22. The zero-order valence-electron chi connectivity index (χ0n) is 15.1. The molecule has 0 atom stereocenters. The Hall–Kier alpha value is -1.69. The first-order valence-electron chi connectivity index (χ1n) is 8.35. The molecular weight excluding hydrogens is 288 g/mol. The van der Waals surface area contributed by atoms with Gasteiger partial charge in [0.25, 0.3) is 0 Å². The Morgan fingerprint density at radius 3 is 2.43 bits per heavy atom. The number of rotatable bonds is 3. The van der Waals surface area contributed by atoms with Crippen molar-refractivity contribution in [1.82, 2.24) is 29.9 Å². The van der Waals surface area contributed by atoms with Crippen LogP contribution in [-0.2, 0) is 13.5 Å². The molecule has 1 saturated heterocycles. The van der Waals surface area contributed by atoms with Gasteiger partial charge in [0.15, 0.2) is 5.82 Å². The Morgan fingerprint density at radius 1 is 1.22 bits per heavy atom. The van der Waals surface area contributed by atoms with Gasteiger partial charge in [-0.1, -0.05) is 0 Å².